The first-order valence-electron chi connectivity index (χ1n) is 5.09. The van der Waals surface area contributed by atoms with E-state index >= 15 is 0 Å². The number of carbonyl (C=O) groups is 2. The fourth-order valence-corrected chi connectivity index (χ4v) is 1.53. The Balaban J connectivity index is 3.21. The van der Waals surface area contributed by atoms with Crippen LogP contribution < -0.4 is 0 Å². The SMILES string of the molecule is O=CCCc1ccc([N+](=O)[O-])cc1C(O)C(=O)O. The summed E-state index contributed by atoms with van der Waals surface area (Å²) in [4.78, 5) is 30.9. The summed E-state index contributed by atoms with van der Waals surface area (Å²) in [5.41, 5.74) is 0.0429. The van der Waals surface area contributed by atoms with Crippen molar-refractivity contribution in [2.45, 2.75) is 18.9 Å². The lowest BCUT2D eigenvalue weighted by Crippen LogP contribution is -2.13. The van der Waals surface area contributed by atoms with Crippen molar-refractivity contribution in [3.05, 3.63) is 39.4 Å². The fraction of sp³-hybridized carbons (Fsp3) is 0.273. The number of nitro groups is 1. The molecule has 0 aromatic heterocycles. The van der Waals surface area contributed by atoms with Crippen molar-refractivity contribution in [2.24, 2.45) is 0 Å². The van der Waals surface area contributed by atoms with Crippen LogP contribution in [0.5, 0.6) is 0 Å². The lowest BCUT2D eigenvalue weighted by atomic mass is 9.98. The first-order valence-corrected chi connectivity index (χ1v) is 5.09. The van der Waals surface area contributed by atoms with E-state index in [1.54, 1.807) is 0 Å². The van der Waals surface area contributed by atoms with E-state index in [-0.39, 0.29) is 24.1 Å². The zero-order valence-corrected chi connectivity index (χ0v) is 9.28. The van der Waals surface area contributed by atoms with Gasteiger partial charge in [-0.05, 0) is 12.0 Å². The van der Waals surface area contributed by atoms with Crippen LogP contribution in [0.1, 0.15) is 23.7 Å². The smallest absolute Gasteiger partial charge is 0.337 e. The number of carboxylic acid groups (broad SMARTS) is 1. The number of non-ortho nitro benzene ring substituents is 1. The van der Waals surface area contributed by atoms with Gasteiger partial charge in [0.05, 0.1) is 4.92 Å². The van der Waals surface area contributed by atoms with E-state index in [9.17, 15) is 24.8 Å². The number of nitrogens with zero attached hydrogens (tertiary/aromatic N) is 1. The van der Waals surface area contributed by atoms with Crippen LogP contribution in [0.3, 0.4) is 0 Å². The van der Waals surface area contributed by atoms with Gasteiger partial charge in [0, 0.05) is 24.1 Å². The molecule has 1 aromatic carbocycles. The largest absolute Gasteiger partial charge is 0.479 e. The number of benzene rings is 1. The van der Waals surface area contributed by atoms with Crippen LogP contribution in [0.25, 0.3) is 0 Å². The number of aliphatic hydroxyl groups excluding tert-OH is 1. The molecule has 0 heterocycles. The minimum atomic E-state index is -1.84. The molecule has 0 aliphatic carbocycles. The Morgan fingerprint density at radius 2 is 2.17 bits per heavy atom. The summed E-state index contributed by atoms with van der Waals surface area (Å²) in [6.07, 6.45) is -0.817. The third-order valence-electron chi connectivity index (χ3n) is 2.40. The van der Waals surface area contributed by atoms with Crippen LogP contribution in [0.15, 0.2) is 18.2 Å². The molecule has 96 valence electrons. The molecule has 0 radical (unpaired) electrons. The second-order valence-electron chi connectivity index (χ2n) is 3.59. The van der Waals surface area contributed by atoms with Gasteiger partial charge in [-0.3, -0.25) is 10.1 Å². The molecule has 0 aliphatic heterocycles. The first kappa shape index (κ1) is 13.8. The molecule has 0 aliphatic rings. The van der Waals surface area contributed by atoms with E-state index in [1.165, 1.54) is 12.1 Å². The van der Waals surface area contributed by atoms with Crippen molar-refractivity contribution >= 4 is 17.9 Å². The molecule has 1 rings (SSSR count). The summed E-state index contributed by atoms with van der Waals surface area (Å²) < 4.78 is 0. The number of aliphatic carboxylic acids is 1. The third kappa shape index (κ3) is 3.11. The molecule has 0 saturated heterocycles. The molecule has 0 spiro atoms. The summed E-state index contributed by atoms with van der Waals surface area (Å²) >= 11 is 0. The highest BCUT2D eigenvalue weighted by molar-refractivity contribution is 5.75. The number of aliphatic hydroxyl groups is 1. The number of carboxylic acids is 1. The van der Waals surface area contributed by atoms with Crippen LogP contribution in [-0.2, 0) is 16.0 Å². The molecule has 1 aromatic rings. The maximum absolute atomic E-state index is 10.7. The monoisotopic (exact) mass is 253 g/mol. The summed E-state index contributed by atoms with van der Waals surface area (Å²) in [7, 11) is 0. The van der Waals surface area contributed by atoms with Gasteiger partial charge >= 0.3 is 5.97 Å². The highest BCUT2D eigenvalue weighted by Gasteiger charge is 2.22. The molecule has 2 N–H and O–H groups in total. The van der Waals surface area contributed by atoms with Crippen LogP contribution in [0.2, 0.25) is 0 Å². The van der Waals surface area contributed by atoms with Crippen molar-refractivity contribution in [1.29, 1.82) is 0 Å². The maximum Gasteiger partial charge on any atom is 0.337 e. The predicted octanol–water partition coefficient (Wildman–Crippen LogP) is 0.844. The third-order valence-corrected chi connectivity index (χ3v) is 2.40. The van der Waals surface area contributed by atoms with Gasteiger partial charge in [-0.2, -0.15) is 0 Å². The van der Waals surface area contributed by atoms with E-state index in [1.807, 2.05) is 0 Å². The first-order chi connectivity index (χ1) is 8.47. The van der Waals surface area contributed by atoms with Gasteiger partial charge in [-0.1, -0.05) is 6.07 Å². The Morgan fingerprint density at radius 1 is 1.50 bits per heavy atom. The average Bonchev–Trinajstić information content (AvgIpc) is 2.34. The molecule has 0 fully saturated rings. The number of hydrogen-bond donors (Lipinski definition) is 2. The standard InChI is InChI=1S/C11H11NO6/c13-5-1-2-7-3-4-8(12(17)18)6-9(7)10(14)11(15)16/h3-6,10,14H,1-2H2,(H,15,16). The van der Waals surface area contributed by atoms with Crippen molar-refractivity contribution < 1.29 is 24.7 Å². The highest BCUT2D eigenvalue weighted by Crippen LogP contribution is 2.24. The number of carbonyl (C=O) groups excluding carboxylic acids is 1. The highest BCUT2D eigenvalue weighted by atomic mass is 16.6. The van der Waals surface area contributed by atoms with E-state index in [4.69, 9.17) is 5.11 Å². The maximum atomic E-state index is 10.7. The summed E-state index contributed by atoms with van der Waals surface area (Å²) in [6, 6.07) is 3.57. The second kappa shape index (κ2) is 5.87. The van der Waals surface area contributed by atoms with Crippen molar-refractivity contribution in [3.63, 3.8) is 0 Å². The number of aldehydes is 1. The van der Waals surface area contributed by atoms with Gasteiger partial charge in [0.25, 0.3) is 5.69 Å². The Bertz CT molecular complexity index is 484. The van der Waals surface area contributed by atoms with Gasteiger partial charge in [0.2, 0.25) is 0 Å². The number of hydrogen-bond acceptors (Lipinski definition) is 5. The Labute approximate surface area is 102 Å². The molecular weight excluding hydrogens is 242 g/mol. The summed E-state index contributed by atoms with van der Waals surface area (Å²) in [5.74, 6) is -1.50. The fourth-order valence-electron chi connectivity index (χ4n) is 1.53. The van der Waals surface area contributed by atoms with E-state index in [0.29, 0.717) is 11.8 Å². The van der Waals surface area contributed by atoms with E-state index < -0.39 is 17.0 Å². The predicted molar refractivity (Wildman–Crippen MR) is 60.1 cm³/mol. The Morgan fingerprint density at radius 3 is 2.67 bits per heavy atom. The molecule has 0 saturated carbocycles. The zero-order chi connectivity index (χ0) is 13.7. The van der Waals surface area contributed by atoms with Gasteiger partial charge in [0.1, 0.15) is 6.29 Å². The normalized spacial score (nSPS) is 11.8. The van der Waals surface area contributed by atoms with Crippen LogP contribution in [-0.4, -0.2) is 27.4 Å². The summed E-state index contributed by atoms with van der Waals surface area (Å²) in [5, 5.41) is 28.8. The minimum absolute atomic E-state index is 0.0569. The lowest BCUT2D eigenvalue weighted by molar-refractivity contribution is -0.385. The van der Waals surface area contributed by atoms with Gasteiger partial charge in [0.15, 0.2) is 6.10 Å². The Hall–Kier alpha value is -2.28. The molecule has 18 heavy (non-hydrogen) atoms. The number of rotatable bonds is 6. The van der Waals surface area contributed by atoms with Crippen LogP contribution in [0.4, 0.5) is 5.69 Å². The molecule has 0 amide bonds. The molecule has 1 unspecified atom stereocenters. The zero-order valence-electron chi connectivity index (χ0n) is 9.28. The molecule has 1 atom stereocenters. The Kier molecular flexibility index (Phi) is 4.50. The van der Waals surface area contributed by atoms with Crippen molar-refractivity contribution in [1.82, 2.24) is 0 Å². The topological polar surface area (TPSA) is 118 Å². The minimum Gasteiger partial charge on any atom is -0.479 e. The van der Waals surface area contributed by atoms with E-state index in [2.05, 4.69) is 0 Å². The average molecular weight is 253 g/mol. The van der Waals surface area contributed by atoms with Gasteiger partial charge in [-0.25, -0.2) is 4.79 Å². The summed E-state index contributed by atoms with van der Waals surface area (Å²) in [6.45, 7) is 0. The molecule has 7 heteroatoms. The number of aryl methyl sites for hydroxylation is 1. The van der Waals surface area contributed by atoms with Crippen molar-refractivity contribution in [2.75, 3.05) is 0 Å². The second-order valence-corrected chi connectivity index (χ2v) is 3.59. The molecule has 7 nitrogen and oxygen atoms in total. The van der Waals surface area contributed by atoms with Crippen LogP contribution >= 0.6 is 0 Å². The molecular formula is C11H11NO6. The lowest BCUT2D eigenvalue weighted by Gasteiger charge is -2.11. The van der Waals surface area contributed by atoms with Crippen LogP contribution in [0, 0.1) is 10.1 Å². The van der Waals surface area contributed by atoms with Gasteiger partial charge in [-0.15, -0.1) is 0 Å². The van der Waals surface area contributed by atoms with E-state index in [0.717, 1.165) is 6.07 Å². The quantitative estimate of drug-likeness (QED) is 0.440. The number of nitro benzene ring substituents is 1. The molecule has 0 bridgehead atoms. The van der Waals surface area contributed by atoms with Crippen molar-refractivity contribution in [3.8, 4) is 0 Å². The van der Waals surface area contributed by atoms with Gasteiger partial charge < -0.3 is 15.0 Å².